The standard InChI is InChI=1S/C14H20O3/c15-14(16)10-6-12-17-11-5-4-9-13-7-2-1-3-8-13/h1-3,7-8H,4-6,9-12H2,(H,15,16). The molecule has 17 heavy (non-hydrogen) atoms. The molecule has 3 nitrogen and oxygen atoms in total. The maximum absolute atomic E-state index is 10.2. The van der Waals surface area contributed by atoms with Gasteiger partial charge in [-0.25, -0.2) is 0 Å². The summed E-state index contributed by atoms with van der Waals surface area (Å²) in [6.45, 7) is 1.28. The van der Waals surface area contributed by atoms with Crippen LogP contribution in [-0.2, 0) is 16.0 Å². The second-order valence-electron chi connectivity index (χ2n) is 4.05. The zero-order chi connectivity index (χ0) is 12.3. The van der Waals surface area contributed by atoms with Crippen molar-refractivity contribution in [1.82, 2.24) is 0 Å². The van der Waals surface area contributed by atoms with Gasteiger partial charge in [0.05, 0.1) is 0 Å². The Hall–Kier alpha value is -1.35. The van der Waals surface area contributed by atoms with E-state index < -0.39 is 5.97 Å². The number of unbranched alkanes of at least 4 members (excludes halogenated alkanes) is 1. The third kappa shape index (κ3) is 7.53. The largest absolute Gasteiger partial charge is 0.481 e. The van der Waals surface area contributed by atoms with Gasteiger partial charge in [0.25, 0.3) is 0 Å². The quantitative estimate of drug-likeness (QED) is 0.671. The lowest BCUT2D eigenvalue weighted by Crippen LogP contribution is -2.01. The van der Waals surface area contributed by atoms with Gasteiger partial charge < -0.3 is 9.84 Å². The highest BCUT2D eigenvalue weighted by Gasteiger charge is 1.96. The second kappa shape index (κ2) is 8.76. The zero-order valence-electron chi connectivity index (χ0n) is 10.1. The lowest BCUT2D eigenvalue weighted by atomic mass is 10.1. The Kier molecular flexibility index (Phi) is 7.07. The van der Waals surface area contributed by atoms with Crippen molar-refractivity contribution in [2.45, 2.75) is 32.1 Å². The highest BCUT2D eigenvalue weighted by Crippen LogP contribution is 2.04. The van der Waals surface area contributed by atoms with Crippen LogP contribution in [0.4, 0.5) is 0 Å². The van der Waals surface area contributed by atoms with Crippen LogP contribution < -0.4 is 0 Å². The number of aliphatic carboxylic acids is 1. The molecule has 1 aromatic rings. The fraction of sp³-hybridized carbons (Fsp3) is 0.500. The molecule has 94 valence electrons. The van der Waals surface area contributed by atoms with Gasteiger partial charge in [-0.15, -0.1) is 0 Å². The molecule has 0 aliphatic heterocycles. The fourth-order valence-corrected chi connectivity index (χ4v) is 1.61. The molecule has 0 saturated carbocycles. The Morgan fingerprint density at radius 1 is 1.06 bits per heavy atom. The molecule has 0 aromatic heterocycles. The van der Waals surface area contributed by atoms with Crippen molar-refractivity contribution in [3.63, 3.8) is 0 Å². The van der Waals surface area contributed by atoms with E-state index in [1.54, 1.807) is 0 Å². The van der Waals surface area contributed by atoms with Gasteiger partial charge in [0.15, 0.2) is 0 Å². The van der Waals surface area contributed by atoms with Gasteiger partial charge in [-0.05, 0) is 31.2 Å². The molecule has 1 N–H and O–H groups in total. The zero-order valence-corrected chi connectivity index (χ0v) is 10.1. The SMILES string of the molecule is O=C(O)CCCOCCCCc1ccccc1. The first-order valence-corrected chi connectivity index (χ1v) is 6.12. The summed E-state index contributed by atoms with van der Waals surface area (Å²) < 4.78 is 5.36. The summed E-state index contributed by atoms with van der Waals surface area (Å²) in [5.74, 6) is -0.752. The minimum absolute atomic E-state index is 0.198. The van der Waals surface area contributed by atoms with Crippen molar-refractivity contribution in [2.24, 2.45) is 0 Å². The summed E-state index contributed by atoms with van der Waals surface area (Å²) in [5, 5.41) is 8.42. The Labute approximate surface area is 102 Å². The van der Waals surface area contributed by atoms with Crippen LogP contribution in [0.15, 0.2) is 30.3 Å². The first kappa shape index (κ1) is 13.7. The van der Waals surface area contributed by atoms with Crippen LogP contribution in [0.5, 0.6) is 0 Å². The van der Waals surface area contributed by atoms with Gasteiger partial charge in [0.2, 0.25) is 0 Å². The van der Waals surface area contributed by atoms with Crippen molar-refractivity contribution >= 4 is 5.97 Å². The maximum Gasteiger partial charge on any atom is 0.303 e. The van der Waals surface area contributed by atoms with Gasteiger partial charge in [-0.2, -0.15) is 0 Å². The molecule has 0 fully saturated rings. The smallest absolute Gasteiger partial charge is 0.303 e. The number of hydrogen-bond acceptors (Lipinski definition) is 2. The summed E-state index contributed by atoms with van der Waals surface area (Å²) in [4.78, 5) is 10.2. The molecule has 3 heteroatoms. The van der Waals surface area contributed by atoms with E-state index in [-0.39, 0.29) is 6.42 Å². The van der Waals surface area contributed by atoms with Crippen molar-refractivity contribution in [3.8, 4) is 0 Å². The summed E-state index contributed by atoms with van der Waals surface area (Å²) in [6.07, 6.45) is 4.03. The van der Waals surface area contributed by atoms with Crippen molar-refractivity contribution < 1.29 is 14.6 Å². The van der Waals surface area contributed by atoms with Crippen LogP contribution >= 0.6 is 0 Å². The Bertz CT molecular complexity index is 309. The molecular weight excluding hydrogens is 216 g/mol. The van der Waals surface area contributed by atoms with Crippen molar-refractivity contribution in [3.05, 3.63) is 35.9 Å². The topological polar surface area (TPSA) is 46.5 Å². The van der Waals surface area contributed by atoms with E-state index in [0.717, 1.165) is 25.9 Å². The highest BCUT2D eigenvalue weighted by molar-refractivity contribution is 5.66. The third-order valence-electron chi connectivity index (χ3n) is 2.53. The van der Waals surface area contributed by atoms with E-state index in [9.17, 15) is 4.79 Å². The number of carbonyl (C=O) groups is 1. The van der Waals surface area contributed by atoms with E-state index in [0.29, 0.717) is 13.0 Å². The summed E-state index contributed by atoms with van der Waals surface area (Å²) in [7, 11) is 0. The molecular formula is C14H20O3. The average molecular weight is 236 g/mol. The van der Waals surface area contributed by atoms with E-state index in [2.05, 4.69) is 24.3 Å². The minimum Gasteiger partial charge on any atom is -0.481 e. The first-order chi connectivity index (χ1) is 8.29. The molecule has 0 radical (unpaired) electrons. The number of rotatable bonds is 9. The molecule has 0 aliphatic rings. The van der Waals surface area contributed by atoms with E-state index >= 15 is 0 Å². The predicted octanol–water partition coefficient (Wildman–Crippen LogP) is 2.89. The van der Waals surface area contributed by atoms with Crippen LogP contribution in [0.3, 0.4) is 0 Å². The predicted molar refractivity (Wildman–Crippen MR) is 67.1 cm³/mol. The number of carboxylic acid groups (broad SMARTS) is 1. The van der Waals surface area contributed by atoms with Crippen molar-refractivity contribution in [2.75, 3.05) is 13.2 Å². The second-order valence-corrected chi connectivity index (χ2v) is 4.05. The van der Waals surface area contributed by atoms with Crippen molar-refractivity contribution in [1.29, 1.82) is 0 Å². The monoisotopic (exact) mass is 236 g/mol. The lowest BCUT2D eigenvalue weighted by Gasteiger charge is -2.03. The molecule has 0 aliphatic carbocycles. The number of benzene rings is 1. The van der Waals surface area contributed by atoms with Crippen LogP contribution in [0.2, 0.25) is 0 Å². The molecule has 1 rings (SSSR count). The van der Waals surface area contributed by atoms with Gasteiger partial charge in [0.1, 0.15) is 0 Å². The number of carboxylic acids is 1. The Balaban J connectivity index is 1.90. The van der Waals surface area contributed by atoms with Gasteiger partial charge in [-0.1, -0.05) is 30.3 Å². The number of aryl methyl sites for hydroxylation is 1. The Morgan fingerprint density at radius 2 is 1.76 bits per heavy atom. The molecule has 0 bridgehead atoms. The lowest BCUT2D eigenvalue weighted by molar-refractivity contribution is -0.137. The van der Waals surface area contributed by atoms with Gasteiger partial charge >= 0.3 is 5.97 Å². The number of ether oxygens (including phenoxy) is 1. The van der Waals surface area contributed by atoms with Crippen LogP contribution in [0, 0.1) is 0 Å². The van der Waals surface area contributed by atoms with E-state index in [1.807, 2.05) is 6.07 Å². The molecule has 0 atom stereocenters. The maximum atomic E-state index is 10.2. The molecule has 1 aromatic carbocycles. The average Bonchev–Trinajstić information content (AvgIpc) is 2.33. The highest BCUT2D eigenvalue weighted by atomic mass is 16.5. The number of hydrogen-bond donors (Lipinski definition) is 1. The van der Waals surface area contributed by atoms with E-state index in [1.165, 1.54) is 5.56 Å². The summed E-state index contributed by atoms with van der Waals surface area (Å²) in [5.41, 5.74) is 1.36. The minimum atomic E-state index is -0.752. The normalized spacial score (nSPS) is 10.4. The van der Waals surface area contributed by atoms with Crippen LogP contribution in [0.25, 0.3) is 0 Å². The Morgan fingerprint density at radius 3 is 2.47 bits per heavy atom. The molecule has 0 heterocycles. The van der Waals surface area contributed by atoms with Gasteiger partial charge in [0, 0.05) is 19.6 Å². The molecule has 0 amide bonds. The summed E-state index contributed by atoms with van der Waals surface area (Å²) >= 11 is 0. The first-order valence-electron chi connectivity index (χ1n) is 6.12. The van der Waals surface area contributed by atoms with E-state index in [4.69, 9.17) is 9.84 Å². The van der Waals surface area contributed by atoms with Gasteiger partial charge in [-0.3, -0.25) is 4.79 Å². The fourth-order valence-electron chi connectivity index (χ4n) is 1.61. The molecule has 0 unspecified atom stereocenters. The summed E-state index contributed by atoms with van der Waals surface area (Å²) in [6, 6.07) is 10.4. The van der Waals surface area contributed by atoms with Crippen LogP contribution in [0.1, 0.15) is 31.2 Å². The van der Waals surface area contributed by atoms with Crippen LogP contribution in [-0.4, -0.2) is 24.3 Å². The molecule has 0 saturated heterocycles. The third-order valence-corrected chi connectivity index (χ3v) is 2.53. The molecule has 0 spiro atoms.